The summed E-state index contributed by atoms with van der Waals surface area (Å²) < 4.78 is 13.7. The van der Waals surface area contributed by atoms with Crippen LogP contribution in [-0.4, -0.2) is 23.4 Å². The summed E-state index contributed by atoms with van der Waals surface area (Å²) in [7, 11) is 0. The van der Waals surface area contributed by atoms with Crippen molar-refractivity contribution in [3.8, 4) is 0 Å². The average Bonchev–Trinajstić information content (AvgIpc) is 2.62. The van der Waals surface area contributed by atoms with E-state index in [1.807, 2.05) is 31.2 Å². The van der Waals surface area contributed by atoms with Gasteiger partial charge in [-0.25, -0.2) is 4.39 Å². The smallest absolute Gasteiger partial charge is 0.225 e. The van der Waals surface area contributed by atoms with Crippen LogP contribution in [-0.2, 0) is 15.3 Å². The molecule has 0 aromatic heterocycles. The summed E-state index contributed by atoms with van der Waals surface area (Å²) in [4.78, 5) is 24.2. The van der Waals surface area contributed by atoms with Crippen molar-refractivity contribution in [2.75, 3.05) is 5.32 Å². The Morgan fingerprint density at radius 3 is 2.70 bits per heavy atom. The summed E-state index contributed by atoms with van der Waals surface area (Å²) in [6, 6.07) is 13.9. The van der Waals surface area contributed by atoms with E-state index < -0.39 is 0 Å². The van der Waals surface area contributed by atoms with Crippen LogP contribution in [0.2, 0.25) is 0 Å². The largest absolute Gasteiger partial charge is 0.332 e. The fourth-order valence-electron chi connectivity index (χ4n) is 2.83. The molecule has 1 aliphatic rings. The molecule has 1 aliphatic heterocycles. The van der Waals surface area contributed by atoms with Crippen molar-refractivity contribution in [1.29, 1.82) is 0 Å². The van der Waals surface area contributed by atoms with Crippen LogP contribution in [0.15, 0.2) is 48.5 Å². The van der Waals surface area contributed by atoms with Gasteiger partial charge < -0.3 is 10.6 Å². The molecule has 1 fully saturated rings. The van der Waals surface area contributed by atoms with Crippen LogP contribution < -0.4 is 16.0 Å². The molecule has 27 heavy (non-hydrogen) atoms. The molecule has 5 nitrogen and oxygen atoms in total. The van der Waals surface area contributed by atoms with Gasteiger partial charge in [-0.1, -0.05) is 35.9 Å². The maximum absolute atomic E-state index is 13.7. The van der Waals surface area contributed by atoms with Crippen LogP contribution in [0, 0.1) is 12.7 Å². The fourth-order valence-corrected chi connectivity index (χ4v) is 3.91. The van der Waals surface area contributed by atoms with Crippen LogP contribution in [0.3, 0.4) is 0 Å². The summed E-state index contributed by atoms with van der Waals surface area (Å²) in [5.41, 5.74) is 2.07. The maximum Gasteiger partial charge on any atom is 0.225 e. The number of nitrogens with one attached hydrogen (secondary N) is 3. The molecule has 2 unspecified atom stereocenters. The van der Waals surface area contributed by atoms with Gasteiger partial charge in [0, 0.05) is 30.3 Å². The zero-order valence-corrected chi connectivity index (χ0v) is 15.8. The third kappa shape index (κ3) is 5.80. The van der Waals surface area contributed by atoms with Gasteiger partial charge in [-0.05, 0) is 30.7 Å². The number of halogens is 1. The van der Waals surface area contributed by atoms with Gasteiger partial charge >= 0.3 is 0 Å². The van der Waals surface area contributed by atoms with Crippen molar-refractivity contribution >= 4 is 29.3 Å². The van der Waals surface area contributed by atoms with Crippen LogP contribution in [0.25, 0.3) is 0 Å². The monoisotopic (exact) mass is 387 g/mol. The predicted molar refractivity (Wildman–Crippen MR) is 106 cm³/mol. The zero-order chi connectivity index (χ0) is 19.2. The topological polar surface area (TPSA) is 70.2 Å². The third-order valence-electron chi connectivity index (χ3n) is 4.24. The Hall–Kier alpha value is -2.38. The van der Waals surface area contributed by atoms with Crippen LogP contribution in [0.5, 0.6) is 0 Å². The lowest BCUT2D eigenvalue weighted by atomic mass is 10.1. The molecule has 0 aliphatic carbocycles. The molecule has 0 bridgehead atoms. The highest BCUT2D eigenvalue weighted by atomic mass is 32.2. The minimum Gasteiger partial charge on any atom is -0.332 e. The summed E-state index contributed by atoms with van der Waals surface area (Å²) in [5, 5.41) is 8.92. The number of thioether (sulfide) groups is 1. The Balaban J connectivity index is 1.52. The Bertz CT molecular complexity index is 813. The minimum atomic E-state index is -0.358. The van der Waals surface area contributed by atoms with Gasteiger partial charge in [0.15, 0.2) is 0 Å². The predicted octanol–water partition coefficient (Wildman–Crippen LogP) is 3.16. The molecule has 3 N–H and O–H groups in total. The fraction of sp³-hybridized carbons (Fsp3) is 0.300. The summed E-state index contributed by atoms with van der Waals surface area (Å²) in [5.74, 6) is -0.106. The molecule has 2 aromatic rings. The van der Waals surface area contributed by atoms with E-state index in [0.717, 1.165) is 11.3 Å². The van der Waals surface area contributed by atoms with Crippen LogP contribution in [0.4, 0.5) is 10.1 Å². The highest BCUT2D eigenvalue weighted by Crippen LogP contribution is 2.21. The van der Waals surface area contributed by atoms with E-state index in [0.29, 0.717) is 11.3 Å². The molecule has 0 radical (unpaired) electrons. The number of carbonyl (C=O) groups is 2. The van der Waals surface area contributed by atoms with Crippen LogP contribution in [0.1, 0.15) is 24.0 Å². The Morgan fingerprint density at radius 2 is 1.96 bits per heavy atom. The van der Waals surface area contributed by atoms with Gasteiger partial charge in [-0.2, -0.15) is 0 Å². The maximum atomic E-state index is 13.7. The SMILES string of the molecule is Cc1ccc(NC(=O)CC2CC(=O)NC(SCc3ccccc3F)N2)cc1. The zero-order valence-electron chi connectivity index (χ0n) is 15.0. The van der Waals surface area contributed by atoms with Gasteiger partial charge in [-0.15, -0.1) is 11.8 Å². The minimum absolute atomic E-state index is 0.118. The number of hydrogen-bond donors (Lipinski definition) is 3. The lowest BCUT2D eigenvalue weighted by Gasteiger charge is -2.31. The lowest BCUT2D eigenvalue weighted by molar-refractivity contribution is -0.124. The first-order chi connectivity index (χ1) is 13.0. The highest BCUT2D eigenvalue weighted by molar-refractivity contribution is 7.99. The van der Waals surface area contributed by atoms with Gasteiger partial charge in [0.1, 0.15) is 11.3 Å². The Kier molecular flexibility index (Phi) is 6.47. The van der Waals surface area contributed by atoms with Crippen LogP contribution >= 0.6 is 11.8 Å². The Labute approximate surface area is 162 Å². The lowest BCUT2D eigenvalue weighted by Crippen LogP contribution is -2.55. The number of carbonyl (C=O) groups excluding carboxylic acids is 2. The van der Waals surface area contributed by atoms with Gasteiger partial charge in [0.05, 0.1) is 0 Å². The quantitative estimate of drug-likeness (QED) is 0.712. The third-order valence-corrected chi connectivity index (χ3v) is 5.31. The standard InChI is InChI=1S/C20H22FN3O2S/c1-13-6-8-15(9-7-13)22-18(25)10-16-11-19(26)24-20(23-16)27-12-14-4-2-3-5-17(14)21/h2-9,16,20,23H,10-12H2,1H3,(H,22,25)(H,24,26). The number of benzene rings is 2. The molecule has 0 spiro atoms. The molecule has 1 heterocycles. The van der Waals surface area contributed by atoms with E-state index in [4.69, 9.17) is 0 Å². The summed E-state index contributed by atoms with van der Waals surface area (Å²) in [6.45, 7) is 1.98. The van der Waals surface area contributed by atoms with Crippen molar-refractivity contribution in [3.05, 3.63) is 65.5 Å². The second kappa shape index (κ2) is 9.01. The average molecular weight is 387 g/mol. The molecular weight excluding hydrogens is 365 g/mol. The molecule has 2 aromatic carbocycles. The van der Waals surface area contributed by atoms with Crippen molar-refractivity contribution < 1.29 is 14.0 Å². The second-order valence-electron chi connectivity index (χ2n) is 6.54. The number of anilines is 1. The summed E-state index contributed by atoms with van der Waals surface area (Å²) >= 11 is 1.39. The number of amides is 2. The van der Waals surface area contributed by atoms with Gasteiger partial charge in [0.2, 0.25) is 11.8 Å². The summed E-state index contributed by atoms with van der Waals surface area (Å²) in [6.07, 6.45) is 0.427. The number of hydrogen-bond acceptors (Lipinski definition) is 4. The van der Waals surface area contributed by atoms with E-state index in [1.54, 1.807) is 18.2 Å². The van der Waals surface area contributed by atoms with Gasteiger partial charge in [0.25, 0.3) is 0 Å². The van der Waals surface area contributed by atoms with Crippen molar-refractivity contribution in [2.45, 2.75) is 37.1 Å². The van der Waals surface area contributed by atoms with E-state index in [9.17, 15) is 14.0 Å². The van der Waals surface area contributed by atoms with Gasteiger partial charge in [-0.3, -0.25) is 14.9 Å². The molecule has 0 saturated carbocycles. The number of aryl methyl sites for hydroxylation is 1. The highest BCUT2D eigenvalue weighted by Gasteiger charge is 2.27. The van der Waals surface area contributed by atoms with Crippen molar-refractivity contribution in [2.24, 2.45) is 0 Å². The molecule has 3 rings (SSSR count). The first-order valence-electron chi connectivity index (χ1n) is 8.76. The molecule has 7 heteroatoms. The molecule has 142 valence electrons. The van der Waals surface area contributed by atoms with E-state index in [2.05, 4.69) is 16.0 Å². The molecule has 2 atom stereocenters. The first kappa shape index (κ1) is 19.4. The normalized spacial score (nSPS) is 19.4. The van der Waals surface area contributed by atoms with E-state index in [-0.39, 0.29) is 42.0 Å². The Morgan fingerprint density at radius 1 is 1.22 bits per heavy atom. The molecule has 1 saturated heterocycles. The van der Waals surface area contributed by atoms with E-state index in [1.165, 1.54) is 17.8 Å². The molecule has 2 amide bonds. The number of rotatable bonds is 6. The van der Waals surface area contributed by atoms with Crippen molar-refractivity contribution in [1.82, 2.24) is 10.6 Å². The molecular formula is C20H22FN3O2S. The first-order valence-corrected chi connectivity index (χ1v) is 9.81. The van der Waals surface area contributed by atoms with E-state index >= 15 is 0 Å². The van der Waals surface area contributed by atoms with Crippen molar-refractivity contribution in [3.63, 3.8) is 0 Å². The second-order valence-corrected chi connectivity index (χ2v) is 7.63.